The van der Waals surface area contributed by atoms with Gasteiger partial charge < -0.3 is 10.6 Å². The molecule has 1 saturated heterocycles. The molecule has 3 aromatic rings. The van der Waals surface area contributed by atoms with E-state index >= 15 is 0 Å². The van der Waals surface area contributed by atoms with Gasteiger partial charge in [-0.1, -0.05) is 19.8 Å². The van der Waals surface area contributed by atoms with E-state index in [1.807, 2.05) is 0 Å². The van der Waals surface area contributed by atoms with Crippen LogP contribution in [0.25, 0.3) is 5.65 Å². The molecule has 2 amide bonds. The zero-order valence-electron chi connectivity index (χ0n) is 21.4. The first kappa shape index (κ1) is 26.2. The van der Waals surface area contributed by atoms with Crippen molar-refractivity contribution in [2.24, 2.45) is 30.7 Å². The number of alkyl halides is 3. The molecular formula is C26H32F3N7O2. The van der Waals surface area contributed by atoms with Crippen LogP contribution in [0.5, 0.6) is 0 Å². The molecule has 12 heteroatoms. The first-order valence-electron chi connectivity index (χ1n) is 13.1. The smallest absolute Gasteiger partial charge is 0.355 e. The summed E-state index contributed by atoms with van der Waals surface area (Å²) >= 11 is 0. The van der Waals surface area contributed by atoms with Crippen LogP contribution in [-0.4, -0.2) is 48.9 Å². The highest BCUT2D eigenvalue weighted by molar-refractivity contribution is 5.92. The SMILES string of the molecule is Cn1nccc1C(=O)N[C@H](c1cn2nc(CC3C[C@@H](C(F)(F)F)CNC3=O)ccc2n1)[C@H]1CC[C@H](C)CC1. The van der Waals surface area contributed by atoms with Crippen molar-refractivity contribution in [3.05, 3.63) is 47.7 Å². The van der Waals surface area contributed by atoms with Crippen molar-refractivity contribution in [2.75, 3.05) is 6.54 Å². The van der Waals surface area contributed by atoms with E-state index in [0.717, 1.165) is 25.7 Å². The Morgan fingerprint density at radius 1 is 1.21 bits per heavy atom. The number of aryl methyl sites for hydroxylation is 1. The number of nitrogens with one attached hydrogen (secondary N) is 2. The predicted octanol–water partition coefficient (Wildman–Crippen LogP) is 3.62. The Bertz CT molecular complexity index is 1310. The number of amides is 2. The molecule has 0 aromatic carbocycles. The number of aromatic nitrogens is 5. The Hall–Kier alpha value is -3.44. The summed E-state index contributed by atoms with van der Waals surface area (Å²) in [6, 6.07) is 4.78. The highest BCUT2D eigenvalue weighted by Gasteiger charge is 2.44. The van der Waals surface area contributed by atoms with Crippen LogP contribution in [0.4, 0.5) is 13.2 Å². The van der Waals surface area contributed by atoms with Gasteiger partial charge in [0.05, 0.1) is 29.5 Å². The van der Waals surface area contributed by atoms with Gasteiger partial charge in [0.25, 0.3) is 5.91 Å². The minimum atomic E-state index is -4.35. The van der Waals surface area contributed by atoms with Gasteiger partial charge in [-0.2, -0.15) is 23.4 Å². The lowest BCUT2D eigenvalue weighted by atomic mass is 9.78. The van der Waals surface area contributed by atoms with E-state index in [-0.39, 0.29) is 43.2 Å². The molecule has 5 rings (SSSR count). The number of hydrogen-bond donors (Lipinski definition) is 2. The van der Waals surface area contributed by atoms with Crippen LogP contribution < -0.4 is 10.6 Å². The zero-order chi connectivity index (χ0) is 27.0. The molecule has 3 atom stereocenters. The summed E-state index contributed by atoms with van der Waals surface area (Å²) in [7, 11) is 1.71. The lowest BCUT2D eigenvalue weighted by Crippen LogP contribution is -2.47. The average molecular weight is 532 g/mol. The average Bonchev–Trinajstić information content (AvgIpc) is 3.49. The fourth-order valence-electron chi connectivity index (χ4n) is 5.64. The van der Waals surface area contributed by atoms with Crippen LogP contribution in [0, 0.1) is 23.7 Å². The highest BCUT2D eigenvalue weighted by Crippen LogP contribution is 2.37. The highest BCUT2D eigenvalue weighted by atomic mass is 19.4. The fraction of sp³-hybridized carbons (Fsp3) is 0.577. The lowest BCUT2D eigenvalue weighted by Gasteiger charge is -2.32. The quantitative estimate of drug-likeness (QED) is 0.506. The van der Waals surface area contributed by atoms with Gasteiger partial charge in [0, 0.05) is 32.1 Å². The third-order valence-corrected chi connectivity index (χ3v) is 7.97. The first-order valence-corrected chi connectivity index (χ1v) is 13.1. The number of carbonyl (C=O) groups is 2. The predicted molar refractivity (Wildman–Crippen MR) is 132 cm³/mol. The summed E-state index contributed by atoms with van der Waals surface area (Å²) in [4.78, 5) is 30.1. The minimum Gasteiger partial charge on any atom is -0.355 e. The molecule has 1 saturated carbocycles. The molecule has 9 nitrogen and oxygen atoms in total. The number of carbonyl (C=O) groups excluding carboxylic acids is 2. The van der Waals surface area contributed by atoms with Crippen molar-refractivity contribution < 1.29 is 22.8 Å². The maximum absolute atomic E-state index is 13.2. The van der Waals surface area contributed by atoms with Gasteiger partial charge in [-0.05, 0) is 49.3 Å². The van der Waals surface area contributed by atoms with Crippen molar-refractivity contribution in [1.29, 1.82) is 0 Å². The van der Waals surface area contributed by atoms with Gasteiger partial charge in [-0.25, -0.2) is 9.50 Å². The Labute approximate surface area is 218 Å². The van der Waals surface area contributed by atoms with Gasteiger partial charge in [0.1, 0.15) is 5.69 Å². The molecule has 1 aliphatic heterocycles. The number of hydrogen-bond acceptors (Lipinski definition) is 5. The van der Waals surface area contributed by atoms with Crippen molar-refractivity contribution in [1.82, 2.24) is 35.0 Å². The third kappa shape index (κ3) is 5.53. The Morgan fingerprint density at radius 2 is 1.97 bits per heavy atom. The molecule has 1 aliphatic carbocycles. The van der Waals surface area contributed by atoms with Crippen LogP contribution >= 0.6 is 0 Å². The number of rotatable bonds is 6. The topological polar surface area (TPSA) is 106 Å². The largest absolute Gasteiger partial charge is 0.393 e. The summed E-state index contributed by atoms with van der Waals surface area (Å²) < 4.78 is 42.8. The molecular weight excluding hydrogens is 499 g/mol. The van der Waals surface area contributed by atoms with E-state index in [0.29, 0.717) is 28.6 Å². The van der Waals surface area contributed by atoms with Gasteiger partial charge in [-0.15, -0.1) is 0 Å². The molecule has 38 heavy (non-hydrogen) atoms. The van der Waals surface area contributed by atoms with Crippen LogP contribution in [0.15, 0.2) is 30.6 Å². The maximum Gasteiger partial charge on any atom is 0.393 e. The van der Waals surface area contributed by atoms with Crippen molar-refractivity contribution >= 4 is 17.5 Å². The van der Waals surface area contributed by atoms with E-state index in [1.54, 1.807) is 42.2 Å². The normalized spacial score (nSPS) is 25.2. The van der Waals surface area contributed by atoms with Crippen molar-refractivity contribution in [3.63, 3.8) is 0 Å². The fourth-order valence-corrected chi connectivity index (χ4v) is 5.64. The molecule has 2 N–H and O–H groups in total. The maximum atomic E-state index is 13.2. The van der Waals surface area contributed by atoms with E-state index in [2.05, 4.69) is 27.8 Å². The van der Waals surface area contributed by atoms with Gasteiger partial charge in [0.15, 0.2) is 5.65 Å². The zero-order valence-corrected chi connectivity index (χ0v) is 21.4. The Balaban J connectivity index is 1.38. The lowest BCUT2D eigenvalue weighted by molar-refractivity contribution is -0.183. The summed E-state index contributed by atoms with van der Waals surface area (Å²) in [6.07, 6.45) is 2.89. The molecule has 1 unspecified atom stereocenters. The Morgan fingerprint density at radius 3 is 2.66 bits per heavy atom. The summed E-state index contributed by atoms with van der Waals surface area (Å²) in [6.45, 7) is 1.85. The standard InChI is InChI=1S/C26H32F3N7O2/c1-15-3-5-16(6-4-15)23(33-25(38)21-9-10-31-35(21)2)20-14-36-22(32-20)8-7-19(34-36)12-17-11-18(26(27,28)29)13-30-24(17)37/h7-10,14-18,23H,3-6,11-13H2,1-2H3,(H,30,37)(H,33,38)/t15-,16-,17?,18-,23+/m1/s1. The number of nitrogens with zero attached hydrogens (tertiary/aromatic N) is 5. The molecule has 2 aliphatic rings. The Kier molecular flexibility index (Phi) is 7.15. The van der Waals surface area contributed by atoms with E-state index in [4.69, 9.17) is 4.98 Å². The van der Waals surface area contributed by atoms with Crippen molar-refractivity contribution in [2.45, 2.75) is 57.7 Å². The van der Waals surface area contributed by atoms with Gasteiger partial charge in [-0.3, -0.25) is 14.3 Å². The van der Waals surface area contributed by atoms with Crippen LogP contribution in [0.2, 0.25) is 0 Å². The molecule has 204 valence electrons. The van der Waals surface area contributed by atoms with E-state index in [1.165, 1.54) is 4.68 Å². The molecule has 0 bridgehead atoms. The summed E-state index contributed by atoms with van der Waals surface area (Å²) in [5.41, 5.74) is 2.20. The van der Waals surface area contributed by atoms with E-state index < -0.39 is 18.0 Å². The molecule has 4 heterocycles. The second-order valence-electron chi connectivity index (χ2n) is 10.7. The molecule has 3 aromatic heterocycles. The molecule has 2 fully saturated rings. The first-order chi connectivity index (χ1) is 18.1. The number of fused-ring (bicyclic) bond motifs is 1. The van der Waals surface area contributed by atoms with Crippen LogP contribution in [0.3, 0.4) is 0 Å². The summed E-state index contributed by atoms with van der Waals surface area (Å²) in [5, 5.41) is 14.2. The van der Waals surface area contributed by atoms with Crippen molar-refractivity contribution in [3.8, 4) is 0 Å². The second kappa shape index (κ2) is 10.4. The van der Waals surface area contributed by atoms with E-state index in [9.17, 15) is 22.8 Å². The number of imidazole rings is 1. The van der Waals surface area contributed by atoms with Gasteiger partial charge in [0.2, 0.25) is 5.91 Å². The monoisotopic (exact) mass is 531 g/mol. The number of piperidine rings is 1. The van der Waals surface area contributed by atoms with Crippen LogP contribution in [0.1, 0.15) is 66.9 Å². The second-order valence-corrected chi connectivity index (χ2v) is 10.7. The van der Waals surface area contributed by atoms with Crippen LogP contribution in [-0.2, 0) is 18.3 Å². The third-order valence-electron chi connectivity index (χ3n) is 7.97. The molecule has 0 spiro atoms. The summed E-state index contributed by atoms with van der Waals surface area (Å²) in [5.74, 6) is -2.14. The van der Waals surface area contributed by atoms with Gasteiger partial charge >= 0.3 is 6.18 Å². The molecule has 0 radical (unpaired) electrons. The minimum absolute atomic E-state index is 0.100. The number of halogens is 3.